The number of carbonyl (C=O) groups is 1. The van der Waals surface area contributed by atoms with E-state index in [1.807, 2.05) is 22.8 Å². The van der Waals surface area contributed by atoms with Crippen molar-refractivity contribution in [1.82, 2.24) is 8.87 Å². The number of hydrogen-bond acceptors (Lipinski definition) is 4. The third kappa shape index (κ3) is 4.59. The number of piperidine rings is 1. The van der Waals surface area contributed by atoms with Gasteiger partial charge in [0.2, 0.25) is 10.0 Å². The lowest BCUT2D eigenvalue weighted by molar-refractivity contribution is 0.0998. The molecule has 1 amide bonds. The van der Waals surface area contributed by atoms with Gasteiger partial charge in [0.15, 0.2) is 4.80 Å². The van der Waals surface area contributed by atoms with Crippen molar-refractivity contribution in [2.24, 2.45) is 10.9 Å². The van der Waals surface area contributed by atoms with Crippen LogP contribution in [-0.2, 0) is 16.6 Å². The van der Waals surface area contributed by atoms with E-state index >= 15 is 0 Å². The molecule has 1 aromatic heterocycles. The number of fused-ring (bicyclic) bond motifs is 1. The predicted octanol–water partition coefficient (Wildman–Crippen LogP) is 4.26. The number of aromatic nitrogens is 1. The minimum atomic E-state index is -3.56. The molecule has 0 bridgehead atoms. The molecule has 32 heavy (non-hydrogen) atoms. The fourth-order valence-electron chi connectivity index (χ4n) is 3.67. The molecule has 0 atom stereocenters. The molecule has 166 valence electrons. The molecule has 3 aromatic rings. The summed E-state index contributed by atoms with van der Waals surface area (Å²) in [5.41, 5.74) is 1.22. The minimum absolute atomic E-state index is 0.192. The van der Waals surface area contributed by atoms with E-state index in [-0.39, 0.29) is 4.90 Å². The Bertz CT molecular complexity index is 1370. The molecule has 0 N–H and O–H groups in total. The van der Waals surface area contributed by atoms with Crippen molar-refractivity contribution in [1.29, 1.82) is 0 Å². The Morgan fingerprint density at radius 1 is 1.22 bits per heavy atom. The topological polar surface area (TPSA) is 71.7 Å². The molecule has 2 heterocycles. The van der Waals surface area contributed by atoms with Crippen LogP contribution in [0.2, 0.25) is 0 Å². The summed E-state index contributed by atoms with van der Waals surface area (Å²) in [5.74, 6) is 2.69. The van der Waals surface area contributed by atoms with Crippen LogP contribution in [-0.4, -0.2) is 36.3 Å². The van der Waals surface area contributed by atoms with Crippen LogP contribution >= 0.6 is 27.3 Å². The molecule has 0 aliphatic carbocycles. The first-order chi connectivity index (χ1) is 15.3. The summed E-state index contributed by atoms with van der Waals surface area (Å²) in [7, 11) is -3.56. The van der Waals surface area contributed by atoms with E-state index < -0.39 is 15.9 Å². The van der Waals surface area contributed by atoms with Crippen molar-refractivity contribution in [3.63, 3.8) is 0 Å². The Balaban J connectivity index is 1.63. The largest absolute Gasteiger partial charge is 0.305 e. The van der Waals surface area contributed by atoms with Gasteiger partial charge in [-0.15, -0.1) is 6.42 Å². The first-order valence-corrected chi connectivity index (χ1v) is 13.3. The predicted molar refractivity (Wildman–Crippen MR) is 130 cm³/mol. The number of hydrogen-bond donors (Lipinski definition) is 0. The highest BCUT2D eigenvalue weighted by Gasteiger charge is 2.28. The molecule has 1 aliphatic heterocycles. The number of amides is 1. The van der Waals surface area contributed by atoms with Gasteiger partial charge in [-0.3, -0.25) is 4.79 Å². The number of carbonyl (C=O) groups excluding carboxylic acids is 1. The average molecular weight is 532 g/mol. The van der Waals surface area contributed by atoms with Crippen molar-refractivity contribution < 1.29 is 13.2 Å². The van der Waals surface area contributed by atoms with Gasteiger partial charge < -0.3 is 4.57 Å². The lowest BCUT2D eigenvalue weighted by atomic mass is 10.0. The number of nitrogens with zero attached hydrogens (tertiary/aromatic N) is 3. The molecule has 0 spiro atoms. The summed E-state index contributed by atoms with van der Waals surface area (Å²) < 4.78 is 31.0. The van der Waals surface area contributed by atoms with Gasteiger partial charge in [-0.05, 0) is 61.2 Å². The van der Waals surface area contributed by atoms with Crippen molar-refractivity contribution >= 4 is 53.4 Å². The second-order valence-electron chi connectivity index (χ2n) is 7.81. The van der Waals surface area contributed by atoms with Crippen molar-refractivity contribution in [2.75, 3.05) is 13.1 Å². The van der Waals surface area contributed by atoms with Gasteiger partial charge in [0.05, 0.1) is 21.7 Å². The number of terminal acetylenes is 1. The minimum Gasteiger partial charge on any atom is -0.305 e. The van der Waals surface area contributed by atoms with E-state index in [0.717, 1.165) is 27.5 Å². The zero-order valence-corrected chi connectivity index (χ0v) is 20.7. The SMILES string of the molecule is C#CCn1c(=NC(=O)c2ccc(S(=O)(=O)N3CCC(C)CC3)cc2)sc2cc(Br)ccc21. The number of halogens is 1. The Morgan fingerprint density at radius 3 is 2.56 bits per heavy atom. The zero-order valence-electron chi connectivity index (χ0n) is 17.5. The molecule has 1 aliphatic rings. The monoisotopic (exact) mass is 531 g/mol. The summed E-state index contributed by atoms with van der Waals surface area (Å²) in [5, 5.41) is 0. The summed E-state index contributed by atoms with van der Waals surface area (Å²) in [6.07, 6.45) is 7.23. The molecule has 6 nitrogen and oxygen atoms in total. The van der Waals surface area contributed by atoms with Gasteiger partial charge >= 0.3 is 0 Å². The van der Waals surface area contributed by atoms with Crippen LogP contribution in [0.25, 0.3) is 10.2 Å². The highest BCUT2D eigenvalue weighted by Crippen LogP contribution is 2.24. The van der Waals surface area contributed by atoms with E-state index in [0.29, 0.717) is 35.9 Å². The molecule has 4 rings (SSSR count). The molecule has 0 unspecified atom stereocenters. The van der Waals surface area contributed by atoms with Gasteiger partial charge in [-0.2, -0.15) is 9.30 Å². The Hall–Kier alpha value is -2.25. The lowest BCUT2D eigenvalue weighted by Crippen LogP contribution is -2.37. The molecular formula is C23H22BrN3O3S2. The maximum absolute atomic E-state index is 12.9. The van der Waals surface area contributed by atoms with Gasteiger partial charge in [-0.1, -0.05) is 40.1 Å². The highest BCUT2D eigenvalue weighted by molar-refractivity contribution is 9.10. The molecular weight excluding hydrogens is 510 g/mol. The second kappa shape index (κ2) is 9.32. The standard InChI is InChI=1S/C23H22BrN3O3S2/c1-3-12-27-20-9-6-18(24)15-21(20)31-23(27)25-22(28)17-4-7-19(8-5-17)32(29,30)26-13-10-16(2)11-14-26/h1,4-9,15-16H,10-14H2,2H3. The van der Waals surface area contributed by atoms with E-state index in [1.54, 1.807) is 0 Å². The van der Waals surface area contributed by atoms with E-state index in [9.17, 15) is 13.2 Å². The van der Waals surface area contributed by atoms with Crippen LogP contribution in [0.3, 0.4) is 0 Å². The highest BCUT2D eigenvalue weighted by atomic mass is 79.9. The van der Waals surface area contributed by atoms with Crippen molar-refractivity contribution in [3.05, 3.63) is 57.3 Å². The Kier molecular flexibility index (Phi) is 6.67. The molecule has 9 heteroatoms. The smallest absolute Gasteiger partial charge is 0.279 e. The van der Waals surface area contributed by atoms with Gasteiger partial charge in [-0.25, -0.2) is 8.42 Å². The number of thiazole rings is 1. The third-order valence-electron chi connectivity index (χ3n) is 5.57. The quantitative estimate of drug-likeness (QED) is 0.472. The normalized spacial score (nSPS) is 16.3. The van der Waals surface area contributed by atoms with Gasteiger partial charge in [0.25, 0.3) is 5.91 Å². The summed E-state index contributed by atoms with van der Waals surface area (Å²) in [6, 6.07) is 11.8. The summed E-state index contributed by atoms with van der Waals surface area (Å²) >= 11 is 4.83. The van der Waals surface area contributed by atoms with Crippen LogP contribution in [0.5, 0.6) is 0 Å². The number of benzene rings is 2. The van der Waals surface area contributed by atoms with Crippen molar-refractivity contribution in [2.45, 2.75) is 31.2 Å². The Morgan fingerprint density at radius 2 is 1.91 bits per heavy atom. The third-order valence-corrected chi connectivity index (χ3v) is 9.02. The summed E-state index contributed by atoms with van der Waals surface area (Å²) in [4.78, 5) is 17.8. The van der Waals surface area contributed by atoms with E-state index in [2.05, 4.69) is 33.8 Å². The van der Waals surface area contributed by atoms with Crippen LogP contribution in [0.15, 0.2) is 56.8 Å². The lowest BCUT2D eigenvalue weighted by Gasteiger charge is -2.29. The van der Waals surface area contributed by atoms with Crippen LogP contribution in [0.4, 0.5) is 0 Å². The van der Waals surface area contributed by atoms with Crippen LogP contribution in [0, 0.1) is 18.3 Å². The second-order valence-corrected chi connectivity index (χ2v) is 11.7. The molecule has 1 fully saturated rings. The van der Waals surface area contributed by atoms with E-state index in [1.165, 1.54) is 39.9 Å². The fraction of sp³-hybridized carbons (Fsp3) is 0.304. The maximum atomic E-state index is 12.9. The molecule has 1 saturated heterocycles. The van der Waals surface area contributed by atoms with Crippen LogP contribution in [0.1, 0.15) is 30.1 Å². The number of sulfonamides is 1. The van der Waals surface area contributed by atoms with Gasteiger partial charge in [0, 0.05) is 23.1 Å². The Labute approximate surface area is 199 Å². The van der Waals surface area contributed by atoms with E-state index in [4.69, 9.17) is 6.42 Å². The maximum Gasteiger partial charge on any atom is 0.279 e. The zero-order chi connectivity index (χ0) is 22.9. The molecule has 0 radical (unpaired) electrons. The van der Waals surface area contributed by atoms with Gasteiger partial charge in [0.1, 0.15) is 0 Å². The average Bonchev–Trinajstić information content (AvgIpc) is 3.10. The fourth-order valence-corrected chi connectivity index (χ4v) is 6.72. The first kappa shape index (κ1) is 22.9. The first-order valence-electron chi connectivity index (χ1n) is 10.2. The number of rotatable bonds is 4. The van der Waals surface area contributed by atoms with Crippen LogP contribution < -0.4 is 4.80 Å². The molecule has 2 aromatic carbocycles. The van der Waals surface area contributed by atoms with Crippen molar-refractivity contribution in [3.8, 4) is 12.3 Å². The molecule has 0 saturated carbocycles. The summed E-state index contributed by atoms with van der Waals surface area (Å²) in [6.45, 7) is 3.48.